The molecule has 1 fully saturated rings. The Morgan fingerprint density at radius 3 is 2.57 bits per heavy atom. The van der Waals surface area contributed by atoms with E-state index in [1.54, 1.807) is 0 Å². The second kappa shape index (κ2) is 6.85. The summed E-state index contributed by atoms with van der Waals surface area (Å²) in [7, 11) is -3.79. The van der Waals surface area contributed by atoms with E-state index in [1.165, 1.54) is 11.9 Å². The largest absolute Gasteiger partial charge is 0.476 e. The van der Waals surface area contributed by atoms with Gasteiger partial charge in [0.25, 0.3) is 10.0 Å². The first kappa shape index (κ1) is 16.4. The number of hydrogen-bond donors (Lipinski definition) is 2. The Morgan fingerprint density at radius 1 is 1.38 bits per heavy atom. The van der Waals surface area contributed by atoms with Crippen LogP contribution in [0.4, 0.5) is 0 Å². The van der Waals surface area contributed by atoms with Crippen molar-refractivity contribution >= 4 is 27.3 Å². The van der Waals surface area contributed by atoms with Crippen molar-refractivity contribution in [2.45, 2.75) is 43.2 Å². The molecule has 1 saturated carbocycles. The highest BCUT2D eigenvalue weighted by Gasteiger charge is 2.27. The summed E-state index contributed by atoms with van der Waals surface area (Å²) >= 11 is 0.833. The van der Waals surface area contributed by atoms with Crippen LogP contribution in [0.15, 0.2) is 9.72 Å². The van der Waals surface area contributed by atoms with Gasteiger partial charge in [-0.2, -0.15) is 0 Å². The molecule has 2 N–H and O–H groups in total. The van der Waals surface area contributed by atoms with Crippen LogP contribution in [0.1, 0.15) is 49.5 Å². The molecule has 21 heavy (non-hydrogen) atoms. The summed E-state index contributed by atoms with van der Waals surface area (Å²) in [4.78, 5) is 14.6. The predicted octanol–water partition coefficient (Wildman–Crippen LogP) is 2.34. The predicted molar refractivity (Wildman–Crippen MR) is 80.0 cm³/mol. The maximum atomic E-state index is 12.2. The number of rotatable bonds is 6. The van der Waals surface area contributed by atoms with Gasteiger partial charge in [-0.25, -0.2) is 22.9 Å². The average Bonchev–Trinajstić information content (AvgIpc) is 2.96. The summed E-state index contributed by atoms with van der Waals surface area (Å²) in [6.45, 7) is 2.56. The topological polar surface area (TPSA) is 96.4 Å². The molecule has 0 aliphatic heterocycles. The lowest BCUT2D eigenvalue weighted by Crippen LogP contribution is -2.31. The first-order valence-corrected chi connectivity index (χ1v) is 9.46. The third-order valence-electron chi connectivity index (χ3n) is 4.09. The number of aromatic nitrogens is 1. The van der Waals surface area contributed by atoms with Gasteiger partial charge in [0.05, 0.1) is 5.51 Å². The minimum absolute atomic E-state index is 0.211. The van der Waals surface area contributed by atoms with Gasteiger partial charge in [-0.1, -0.05) is 26.2 Å². The molecule has 1 aliphatic carbocycles. The minimum Gasteiger partial charge on any atom is -0.476 e. The van der Waals surface area contributed by atoms with Gasteiger partial charge in [0.1, 0.15) is 0 Å². The quantitative estimate of drug-likeness (QED) is 0.833. The van der Waals surface area contributed by atoms with Crippen LogP contribution in [-0.2, 0) is 10.0 Å². The standard InChI is InChI=1S/C13H20N2O4S2/c1-2-9-3-5-10(6-4-9)7-15-21(18,19)13-11(12(16)17)14-8-20-13/h8-10,15H,2-7H2,1H3,(H,16,17). The molecule has 8 heteroatoms. The number of nitrogens with one attached hydrogen (secondary N) is 1. The van der Waals surface area contributed by atoms with Crippen molar-refractivity contribution < 1.29 is 18.3 Å². The van der Waals surface area contributed by atoms with E-state index in [9.17, 15) is 13.2 Å². The molecule has 1 heterocycles. The Labute approximate surface area is 128 Å². The van der Waals surface area contributed by atoms with Crippen molar-refractivity contribution in [2.24, 2.45) is 11.8 Å². The summed E-state index contributed by atoms with van der Waals surface area (Å²) in [6.07, 6.45) is 5.51. The van der Waals surface area contributed by atoms with Crippen LogP contribution in [0, 0.1) is 11.8 Å². The number of carboxylic acids is 1. The highest BCUT2D eigenvalue weighted by molar-refractivity contribution is 7.91. The molecule has 0 spiro atoms. The van der Waals surface area contributed by atoms with E-state index in [-0.39, 0.29) is 4.21 Å². The minimum atomic E-state index is -3.79. The molecular weight excluding hydrogens is 312 g/mol. The first-order valence-electron chi connectivity index (χ1n) is 7.10. The molecule has 6 nitrogen and oxygen atoms in total. The molecule has 0 saturated heterocycles. The number of thiazole rings is 1. The molecule has 0 radical (unpaired) electrons. The maximum Gasteiger partial charge on any atom is 0.356 e. The van der Waals surface area contributed by atoms with Crippen molar-refractivity contribution in [3.8, 4) is 0 Å². The van der Waals surface area contributed by atoms with Crippen molar-refractivity contribution in [3.05, 3.63) is 11.2 Å². The normalized spacial score (nSPS) is 23.1. The number of aromatic carboxylic acids is 1. The van der Waals surface area contributed by atoms with E-state index < -0.39 is 21.7 Å². The van der Waals surface area contributed by atoms with Crippen LogP contribution >= 0.6 is 11.3 Å². The van der Waals surface area contributed by atoms with Gasteiger partial charge >= 0.3 is 5.97 Å². The maximum absolute atomic E-state index is 12.2. The zero-order chi connectivity index (χ0) is 15.5. The molecule has 0 amide bonds. The highest BCUT2D eigenvalue weighted by Crippen LogP contribution is 2.30. The van der Waals surface area contributed by atoms with E-state index in [1.807, 2.05) is 0 Å². The molecule has 2 rings (SSSR count). The number of sulfonamides is 1. The van der Waals surface area contributed by atoms with E-state index in [2.05, 4.69) is 16.6 Å². The van der Waals surface area contributed by atoms with Crippen molar-refractivity contribution in [1.29, 1.82) is 0 Å². The third kappa shape index (κ3) is 4.02. The summed E-state index contributed by atoms with van der Waals surface area (Å²) in [5.41, 5.74) is 0.840. The summed E-state index contributed by atoms with van der Waals surface area (Å²) in [5.74, 6) is -0.221. The summed E-state index contributed by atoms with van der Waals surface area (Å²) < 4.78 is 26.7. The van der Waals surface area contributed by atoms with Gasteiger partial charge in [-0.3, -0.25) is 0 Å². The Hall–Kier alpha value is -0.990. The van der Waals surface area contributed by atoms with Crippen molar-refractivity contribution in [3.63, 3.8) is 0 Å². The van der Waals surface area contributed by atoms with Crippen molar-refractivity contribution in [1.82, 2.24) is 9.71 Å². The summed E-state index contributed by atoms with van der Waals surface area (Å²) in [6, 6.07) is 0. The van der Waals surface area contributed by atoms with E-state index >= 15 is 0 Å². The molecule has 1 aromatic rings. The Kier molecular flexibility index (Phi) is 5.34. The lowest BCUT2D eigenvalue weighted by Gasteiger charge is -2.27. The molecule has 0 atom stereocenters. The van der Waals surface area contributed by atoms with Gasteiger partial charge in [-0.15, -0.1) is 11.3 Å². The van der Waals surface area contributed by atoms with Crippen LogP contribution in [-0.4, -0.2) is 31.0 Å². The van der Waals surface area contributed by atoms with Crippen molar-refractivity contribution in [2.75, 3.05) is 6.54 Å². The van der Waals surface area contributed by atoms with Gasteiger partial charge in [-0.05, 0) is 24.7 Å². The zero-order valence-corrected chi connectivity index (χ0v) is 13.5. The van der Waals surface area contributed by atoms with Gasteiger partial charge in [0, 0.05) is 6.54 Å². The van der Waals surface area contributed by atoms with E-state index in [0.717, 1.165) is 42.9 Å². The second-order valence-corrected chi connectivity index (χ2v) is 8.26. The smallest absolute Gasteiger partial charge is 0.356 e. The monoisotopic (exact) mass is 332 g/mol. The molecule has 0 unspecified atom stereocenters. The Bertz CT molecular complexity index is 589. The zero-order valence-electron chi connectivity index (χ0n) is 11.9. The van der Waals surface area contributed by atoms with Gasteiger partial charge < -0.3 is 5.11 Å². The SMILES string of the molecule is CCC1CCC(CNS(=O)(=O)c2scnc2C(=O)O)CC1. The first-order chi connectivity index (χ1) is 9.94. The average molecular weight is 332 g/mol. The highest BCUT2D eigenvalue weighted by atomic mass is 32.2. The van der Waals surface area contributed by atoms with Gasteiger partial charge in [0.15, 0.2) is 9.90 Å². The van der Waals surface area contributed by atoms with E-state index in [4.69, 9.17) is 5.11 Å². The Balaban J connectivity index is 1.96. The fraction of sp³-hybridized carbons (Fsp3) is 0.692. The molecule has 0 bridgehead atoms. The fourth-order valence-electron chi connectivity index (χ4n) is 2.71. The van der Waals surface area contributed by atoms with Crippen LogP contribution in [0.5, 0.6) is 0 Å². The number of carbonyl (C=O) groups is 1. The second-order valence-electron chi connectivity index (χ2n) is 5.44. The molecule has 1 aliphatic rings. The molecular formula is C13H20N2O4S2. The molecule has 1 aromatic heterocycles. The number of nitrogens with zero attached hydrogens (tertiary/aromatic N) is 1. The fourth-order valence-corrected chi connectivity index (χ4v) is 5.00. The Morgan fingerprint density at radius 2 is 2.00 bits per heavy atom. The lowest BCUT2D eigenvalue weighted by molar-refractivity contribution is 0.0687. The lowest BCUT2D eigenvalue weighted by atomic mass is 9.81. The third-order valence-corrected chi connectivity index (χ3v) is 6.88. The summed E-state index contributed by atoms with van der Waals surface area (Å²) in [5, 5.41) is 8.94. The van der Waals surface area contributed by atoms with E-state index in [0.29, 0.717) is 12.5 Å². The number of carboxylic acid groups (broad SMARTS) is 1. The van der Waals surface area contributed by atoms with Crippen LogP contribution in [0.3, 0.4) is 0 Å². The number of hydrogen-bond acceptors (Lipinski definition) is 5. The van der Waals surface area contributed by atoms with Crippen LogP contribution in [0.2, 0.25) is 0 Å². The van der Waals surface area contributed by atoms with Gasteiger partial charge in [0.2, 0.25) is 0 Å². The molecule has 118 valence electrons. The van der Waals surface area contributed by atoms with Crippen LogP contribution in [0.25, 0.3) is 0 Å². The van der Waals surface area contributed by atoms with Crippen LogP contribution < -0.4 is 4.72 Å². The molecule has 0 aromatic carbocycles.